The second-order valence-corrected chi connectivity index (χ2v) is 1.51. The highest BCUT2D eigenvalue weighted by atomic mass is 32.2. The molecule has 0 radical (unpaired) electrons. The Labute approximate surface area is 60.3 Å². The van der Waals surface area contributed by atoms with Gasteiger partial charge >= 0.3 is 12.1 Å². The molecular weight excluding hydrogens is 162 g/mol. The van der Waals surface area contributed by atoms with Gasteiger partial charge in [-0.2, -0.15) is 0 Å². The van der Waals surface area contributed by atoms with Gasteiger partial charge in [0.2, 0.25) is 0 Å². The van der Waals surface area contributed by atoms with Crippen molar-refractivity contribution in [2.24, 2.45) is 5.73 Å². The number of nitrogens with one attached hydrogen (secondary N) is 2. The molecule has 10 heavy (non-hydrogen) atoms. The zero-order valence-electron chi connectivity index (χ0n) is 4.66. The molecule has 0 aromatic carbocycles. The molecule has 5 N–H and O–H groups in total. The molecule has 0 saturated heterocycles. The zero-order valence-corrected chi connectivity index (χ0v) is 5.47. The van der Waals surface area contributed by atoms with Crippen LogP contribution in [-0.2, 0) is 9.22 Å². The first-order chi connectivity index (χ1) is 4.63. The molecular formula is C2H5N3O4S. The Bertz CT molecular complexity index is 122. The summed E-state index contributed by atoms with van der Waals surface area (Å²) >= 11 is 0.297. The van der Waals surface area contributed by atoms with E-state index in [-0.39, 0.29) is 0 Å². The topological polar surface area (TPSA) is 118 Å². The van der Waals surface area contributed by atoms with Crippen molar-refractivity contribution in [2.75, 3.05) is 0 Å². The molecule has 1 amide bonds. The Hall–Kier alpha value is -1.15. The highest BCUT2D eigenvalue weighted by Gasteiger charge is 1.95. The van der Waals surface area contributed by atoms with Crippen molar-refractivity contribution < 1.29 is 19.1 Å². The molecule has 0 unspecified atom stereocenters. The van der Waals surface area contributed by atoms with Gasteiger partial charge in [0.1, 0.15) is 0 Å². The Morgan fingerprint density at radius 2 is 2.40 bits per heavy atom. The average molecular weight is 167 g/mol. The standard InChI is InChI=1S/C2H5N3O4S/c3-1(4)8-9-10-5-2(6)7/h5H,(H3,3,4)(H,6,7). The normalized spacial score (nSPS) is 8.40. The second-order valence-electron chi connectivity index (χ2n) is 1.01. The van der Waals surface area contributed by atoms with E-state index in [1.807, 2.05) is 0 Å². The first kappa shape index (κ1) is 8.85. The fraction of sp³-hybridized carbons (Fsp3) is 0. The van der Waals surface area contributed by atoms with Crippen LogP contribution in [0.4, 0.5) is 4.79 Å². The molecule has 0 aliphatic heterocycles. The largest absolute Gasteiger partial charge is 0.464 e. The molecule has 0 aliphatic rings. The van der Waals surface area contributed by atoms with Gasteiger partial charge < -0.3 is 10.8 Å². The second kappa shape index (κ2) is 4.70. The molecule has 0 fully saturated rings. The molecule has 0 spiro atoms. The first-order valence-corrected chi connectivity index (χ1v) is 2.70. The number of amides is 1. The molecule has 0 atom stereocenters. The highest BCUT2D eigenvalue weighted by molar-refractivity contribution is 7.93. The van der Waals surface area contributed by atoms with E-state index in [1.54, 1.807) is 4.72 Å². The lowest BCUT2D eigenvalue weighted by atomic mass is 11.2. The smallest absolute Gasteiger partial charge is 0.416 e. The van der Waals surface area contributed by atoms with E-state index in [1.165, 1.54) is 0 Å². The number of carboxylic acid groups (broad SMARTS) is 1. The van der Waals surface area contributed by atoms with Crippen LogP contribution in [0.2, 0.25) is 0 Å². The molecule has 8 heteroatoms. The Morgan fingerprint density at radius 3 is 2.80 bits per heavy atom. The third-order valence-electron chi connectivity index (χ3n) is 0.287. The number of rotatable bonds is 3. The van der Waals surface area contributed by atoms with Crippen molar-refractivity contribution in [3.63, 3.8) is 0 Å². The predicted octanol–water partition coefficient (Wildman–Crippen LogP) is -0.341. The minimum absolute atomic E-state index is 0.297. The Morgan fingerprint density at radius 1 is 1.80 bits per heavy atom. The summed E-state index contributed by atoms with van der Waals surface area (Å²) in [5.41, 5.74) is 4.66. The summed E-state index contributed by atoms with van der Waals surface area (Å²) in [6.07, 6.45) is -1.28. The number of hydrogen-bond donors (Lipinski definition) is 4. The third kappa shape index (κ3) is 6.85. The van der Waals surface area contributed by atoms with Gasteiger partial charge in [-0.25, -0.2) is 14.9 Å². The molecule has 0 aromatic rings. The van der Waals surface area contributed by atoms with E-state index in [0.29, 0.717) is 12.2 Å². The van der Waals surface area contributed by atoms with Crippen molar-refractivity contribution in [3.05, 3.63) is 0 Å². The predicted molar refractivity (Wildman–Crippen MR) is 32.8 cm³/mol. The summed E-state index contributed by atoms with van der Waals surface area (Å²) in [5, 5.41) is 14.3. The van der Waals surface area contributed by atoms with Gasteiger partial charge in [0.15, 0.2) is 12.2 Å². The van der Waals surface area contributed by atoms with Crippen molar-refractivity contribution in [2.45, 2.75) is 0 Å². The lowest BCUT2D eigenvalue weighted by Gasteiger charge is -1.97. The van der Waals surface area contributed by atoms with Gasteiger partial charge in [-0.1, -0.05) is 4.33 Å². The summed E-state index contributed by atoms with van der Waals surface area (Å²) in [5.74, 6) is 0. The van der Waals surface area contributed by atoms with Gasteiger partial charge in [-0.15, -0.1) is 0 Å². The van der Waals surface area contributed by atoms with Crippen LogP contribution in [0.15, 0.2) is 0 Å². The maximum Gasteiger partial charge on any atom is 0.416 e. The van der Waals surface area contributed by atoms with E-state index >= 15 is 0 Å². The number of carbonyl (C=O) groups is 1. The van der Waals surface area contributed by atoms with Crippen LogP contribution >= 0.6 is 12.2 Å². The van der Waals surface area contributed by atoms with Crippen LogP contribution in [0, 0.1) is 5.41 Å². The molecule has 0 aromatic heterocycles. The molecule has 0 aliphatic carbocycles. The van der Waals surface area contributed by atoms with E-state index in [0.717, 1.165) is 0 Å². The molecule has 58 valence electrons. The van der Waals surface area contributed by atoms with Crippen LogP contribution in [0.5, 0.6) is 0 Å². The maximum absolute atomic E-state index is 9.69. The number of hydrogen-bond acceptors (Lipinski definition) is 5. The zero-order chi connectivity index (χ0) is 7.98. The van der Waals surface area contributed by atoms with Gasteiger partial charge in [0.05, 0.1) is 0 Å². The minimum Gasteiger partial charge on any atom is -0.464 e. The first-order valence-electron chi connectivity index (χ1n) is 1.96. The highest BCUT2D eigenvalue weighted by Crippen LogP contribution is 1.94. The Balaban J connectivity index is 3.06. The lowest BCUT2D eigenvalue weighted by Crippen LogP contribution is -2.16. The average Bonchev–Trinajstić information content (AvgIpc) is 1.79. The van der Waals surface area contributed by atoms with E-state index in [4.69, 9.17) is 10.5 Å². The summed E-state index contributed by atoms with van der Waals surface area (Å²) in [6, 6.07) is -0.653. The van der Waals surface area contributed by atoms with Crippen LogP contribution in [0.3, 0.4) is 0 Å². The summed E-state index contributed by atoms with van der Waals surface area (Å²) < 4.78 is 5.72. The van der Waals surface area contributed by atoms with Crippen molar-refractivity contribution in [3.8, 4) is 0 Å². The third-order valence-corrected chi connectivity index (χ3v) is 0.681. The van der Waals surface area contributed by atoms with Gasteiger partial charge in [0.25, 0.3) is 0 Å². The number of amidine groups is 1. The lowest BCUT2D eigenvalue weighted by molar-refractivity contribution is -0.0986. The SMILES string of the molecule is N=C(N)OOSNC(=O)O. The van der Waals surface area contributed by atoms with Gasteiger partial charge in [-0.05, 0) is 0 Å². The van der Waals surface area contributed by atoms with Crippen molar-refractivity contribution >= 4 is 24.3 Å². The van der Waals surface area contributed by atoms with Crippen LogP contribution in [0.25, 0.3) is 0 Å². The van der Waals surface area contributed by atoms with E-state index < -0.39 is 12.1 Å². The molecule has 0 rings (SSSR count). The summed E-state index contributed by atoms with van der Waals surface area (Å²) in [7, 11) is 0. The summed E-state index contributed by atoms with van der Waals surface area (Å²) in [4.78, 5) is 13.6. The monoisotopic (exact) mass is 167 g/mol. The molecule has 7 nitrogen and oxygen atoms in total. The maximum atomic E-state index is 9.69. The quantitative estimate of drug-likeness (QED) is 0.0868. The fourth-order valence-electron chi connectivity index (χ4n) is 0.106. The molecule has 0 saturated carbocycles. The van der Waals surface area contributed by atoms with Crippen molar-refractivity contribution in [1.29, 1.82) is 5.41 Å². The van der Waals surface area contributed by atoms with E-state index in [2.05, 4.69) is 15.0 Å². The van der Waals surface area contributed by atoms with E-state index in [9.17, 15) is 4.79 Å². The minimum atomic E-state index is -1.28. The van der Waals surface area contributed by atoms with Crippen LogP contribution < -0.4 is 10.5 Å². The Kier molecular flexibility index (Phi) is 4.16. The number of nitrogens with two attached hydrogens (primary N) is 1. The summed E-state index contributed by atoms with van der Waals surface area (Å²) in [6.45, 7) is 0. The van der Waals surface area contributed by atoms with Crippen LogP contribution in [-0.4, -0.2) is 17.2 Å². The van der Waals surface area contributed by atoms with Crippen molar-refractivity contribution in [1.82, 2.24) is 4.72 Å². The van der Waals surface area contributed by atoms with Gasteiger partial charge in [0, 0.05) is 0 Å². The van der Waals surface area contributed by atoms with Crippen LogP contribution in [0.1, 0.15) is 0 Å². The van der Waals surface area contributed by atoms with Gasteiger partial charge in [-0.3, -0.25) is 4.89 Å². The fourth-order valence-corrected chi connectivity index (χ4v) is 0.319. The molecule has 0 bridgehead atoms. The molecule has 0 heterocycles.